The highest BCUT2D eigenvalue weighted by atomic mass is 16.6. The van der Waals surface area contributed by atoms with E-state index in [-0.39, 0.29) is 0 Å². The van der Waals surface area contributed by atoms with Crippen LogP contribution in [0, 0.1) is 0 Å². The summed E-state index contributed by atoms with van der Waals surface area (Å²) in [5.74, 6) is 1.39. The van der Waals surface area contributed by atoms with Crippen LogP contribution < -0.4 is 9.31 Å². The first-order chi connectivity index (χ1) is 13.4. The van der Waals surface area contributed by atoms with E-state index in [0.29, 0.717) is 11.5 Å². The van der Waals surface area contributed by atoms with Crippen LogP contribution >= 0.6 is 0 Å². The number of pyridine rings is 2. The summed E-state index contributed by atoms with van der Waals surface area (Å²) in [7, 11) is 1.32. The molecule has 2 heterocycles. The molecule has 0 aliphatic carbocycles. The van der Waals surface area contributed by atoms with Crippen molar-refractivity contribution >= 4 is 7.69 Å². The van der Waals surface area contributed by atoms with Gasteiger partial charge in [0.05, 0.1) is 11.4 Å². The lowest BCUT2D eigenvalue weighted by molar-refractivity contribution is 0.459. The highest BCUT2D eigenvalue weighted by molar-refractivity contribution is 6.20. The predicted octanol–water partition coefficient (Wildman–Crippen LogP) is 4.80. The van der Waals surface area contributed by atoms with Gasteiger partial charge >= 0.3 is 7.69 Å². The average Bonchev–Trinajstić information content (AvgIpc) is 2.76. The molecule has 0 bridgehead atoms. The van der Waals surface area contributed by atoms with Gasteiger partial charge in [0.2, 0.25) is 0 Å². The molecule has 4 rings (SSSR count). The van der Waals surface area contributed by atoms with Gasteiger partial charge in [-0.25, -0.2) is 0 Å². The van der Waals surface area contributed by atoms with Gasteiger partial charge in [0.15, 0.2) is 0 Å². The Bertz CT molecular complexity index is 893. The molecule has 4 nitrogen and oxygen atoms in total. The summed E-state index contributed by atoms with van der Waals surface area (Å²) in [4.78, 5) is 8.66. The summed E-state index contributed by atoms with van der Waals surface area (Å²) in [5, 5.41) is 0. The molecule has 27 heavy (non-hydrogen) atoms. The van der Waals surface area contributed by atoms with Crippen molar-refractivity contribution in [1.29, 1.82) is 0 Å². The van der Waals surface area contributed by atoms with Gasteiger partial charge in [0.1, 0.15) is 11.5 Å². The van der Waals surface area contributed by atoms with Gasteiger partial charge in [-0.3, -0.25) is 9.97 Å². The van der Waals surface area contributed by atoms with E-state index in [4.69, 9.17) is 9.31 Å². The average molecular weight is 351 g/mol. The van der Waals surface area contributed by atoms with Crippen molar-refractivity contribution in [3.05, 3.63) is 97.3 Å². The lowest BCUT2D eigenvalue weighted by atomic mass is 10.1. The summed E-state index contributed by atoms with van der Waals surface area (Å²) in [6.07, 6.45) is 3.56. The second-order valence-electron chi connectivity index (χ2n) is 5.81. The van der Waals surface area contributed by atoms with E-state index < -0.39 is 0 Å². The molecule has 0 unspecified atom stereocenters. The molecule has 0 aliphatic heterocycles. The van der Waals surface area contributed by atoms with Crippen LogP contribution in [0.15, 0.2) is 97.3 Å². The first-order valence-electron chi connectivity index (χ1n) is 8.56. The number of hydrogen-bond acceptors (Lipinski definition) is 4. The van der Waals surface area contributed by atoms with Gasteiger partial charge < -0.3 is 9.31 Å². The number of nitrogens with zero attached hydrogens (tertiary/aromatic N) is 2. The normalized spacial score (nSPS) is 10.2. The molecule has 0 N–H and O–H groups in total. The minimum Gasteiger partial charge on any atom is -0.526 e. The van der Waals surface area contributed by atoms with E-state index in [9.17, 15) is 0 Å². The van der Waals surface area contributed by atoms with Gasteiger partial charge in [0.25, 0.3) is 0 Å². The van der Waals surface area contributed by atoms with Crippen molar-refractivity contribution in [1.82, 2.24) is 9.97 Å². The maximum Gasteiger partial charge on any atom is 0.658 e. The Kier molecular flexibility index (Phi) is 5.11. The van der Waals surface area contributed by atoms with Crippen LogP contribution in [0.1, 0.15) is 0 Å². The summed E-state index contributed by atoms with van der Waals surface area (Å²) < 4.78 is 11.1. The maximum atomic E-state index is 5.54. The summed E-state index contributed by atoms with van der Waals surface area (Å²) in [5.41, 5.74) is 3.93. The molecule has 5 heteroatoms. The third-order valence-electron chi connectivity index (χ3n) is 4.00. The molecule has 0 aliphatic rings. The zero-order valence-electron chi connectivity index (χ0n) is 14.5. The molecule has 0 atom stereocenters. The Hall–Kier alpha value is -3.60. The van der Waals surface area contributed by atoms with E-state index in [0.717, 1.165) is 22.5 Å². The number of hydrogen-bond donors (Lipinski definition) is 0. The molecule has 0 amide bonds. The van der Waals surface area contributed by atoms with Gasteiger partial charge in [-0.05, 0) is 72.8 Å². The standard InChI is InChI=1S/C22H16BN2O2/c1-3-15-24-21(5-1)17-7-11-19(12-8-17)26-23-27-20-13-9-18(10-14-20)22-6-2-4-16-25-22/h1-16H. The quantitative estimate of drug-likeness (QED) is 0.468. The van der Waals surface area contributed by atoms with Crippen molar-refractivity contribution in [2.75, 3.05) is 0 Å². The van der Waals surface area contributed by atoms with E-state index in [1.54, 1.807) is 12.4 Å². The SMILES string of the molecule is [B](Oc1ccc(-c2ccccn2)cc1)Oc1ccc(-c2ccccn2)cc1. The second kappa shape index (κ2) is 8.19. The Morgan fingerprint density at radius 3 is 1.33 bits per heavy atom. The summed E-state index contributed by atoms with van der Waals surface area (Å²) in [6, 6.07) is 27.1. The molecule has 0 saturated heterocycles. The molecule has 0 fully saturated rings. The monoisotopic (exact) mass is 351 g/mol. The van der Waals surface area contributed by atoms with Crippen molar-refractivity contribution in [2.45, 2.75) is 0 Å². The van der Waals surface area contributed by atoms with Crippen LogP contribution in [0.4, 0.5) is 0 Å². The Balaban J connectivity index is 1.32. The van der Waals surface area contributed by atoms with Gasteiger partial charge in [-0.1, -0.05) is 12.1 Å². The molecular weight excluding hydrogens is 335 g/mol. The second-order valence-corrected chi connectivity index (χ2v) is 5.81. The van der Waals surface area contributed by atoms with E-state index in [2.05, 4.69) is 9.97 Å². The predicted molar refractivity (Wildman–Crippen MR) is 106 cm³/mol. The lowest BCUT2D eigenvalue weighted by Gasteiger charge is -2.08. The van der Waals surface area contributed by atoms with Crippen LogP contribution in [0.5, 0.6) is 11.5 Å². The van der Waals surface area contributed by atoms with Crippen LogP contribution in [0.25, 0.3) is 22.5 Å². The van der Waals surface area contributed by atoms with Gasteiger partial charge in [-0.15, -0.1) is 0 Å². The highest BCUT2D eigenvalue weighted by Gasteiger charge is 2.04. The number of benzene rings is 2. The minimum atomic E-state index is 0.694. The first kappa shape index (κ1) is 16.9. The van der Waals surface area contributed by atoms with Crippen molar-refractivity contribution in [2.24, 2.45) is 0 Å². The zero-order chi connectivity index (χ0) is 18.3. The molecular formula is C22H16BN2O2. The zero-order valence-corrected chi connectivity index (χ0v) is 14.5. The van der Waals surface area contributed by atoms with Gasteiger partial charge in [0, 0.05) is 23.5 Å². The molecule has 2 aromatic carbocycles. The van der Waals surface area contributed by atoms with E-state index in [1.165, 1.54) is 7.69 Å². The molecule has 0 saturated carbocycles. The molecule has 0 spiro atoms. The fourth-order valence-electron chi connectivity index (χ4n) is 2.61. The van der Waals surface area contributed by atoms with Crippen LogP contribution in [0.3, 0.4) is 0 Å². The summed E-state index contributed by atoms with van der Waals surface area (Å²) >= 11 is 0. The number of aromatic nitrogens is 2. The molecule has 1 radical (unpaired) electrons. The lowest BCUT2D eigenvalue weighted by Crippen LogP contribution is -2.10. The Labute approximate surface area is 158 Å². The van der Waals surface area contributed by atoms with Gasteiger partial charge in [-0.2, -0.15) is 0 Å². The molecule has 129 valence electrons. The maximum absolute atomic E-state index is 5.54. The topological polar surface area (TPSA) is 44.2 Å². The Morgan fingerprint density at radius 2 is 0.963 bits per heavy atom. The largest absolute Gasteiger partial charge is 0.658 e. The van der Waals surface area contributed by atoms with Crippen LogP contribution in [-0.4, -0.2) is 17.7 Å². The van der Waals surface area contributed by atoms with Crippen molar-refractivity contribution in [3.63, 3.8) is 0 Å². The van der Waals surface area contributed by atoms with Crippen LogP contribution in [0.2, 0.25) is 0 Å². The fourth-order valence-corrected chi connectivity index (χ4v) is 2.61. The van der Waals surface area contributed by atoms with Crippen molar-refractivity contribution in [3.8, 4) is 34.0 Å². The van der Waals surface area contributed by atoms with Crippen molar-refractivity contribution < 1.29 is 9.31 Å². The van der Waals surface area contributed by atoms with Crippen LogP contribution in [-0.2, 0) is 0 Å². The fraction of sp³-hybridized carbons (Fsp3) is 0. The van der Waals surface area contributed by atoms with E-state index >= 15 is 0 Å². The Morgan fingerprint density at radius 1 is 0.519 bits per heavy atom. The van der Waals surface area contributed by atoms with E-state index in [1.807, 2.05) is 84.9 Å². The molecule has 4 aromatic rings. The first-order valence-corrected chi connectivity index (χ1v) is 8.56. The smallest absolute Gasteiger partial charge is 0.526 e. The highest BCUT2D eigenvalue weighted by Crippen LogP contribution is 2.22. The molecule has 2 aromatic heterocycles. The minimum absolute atomic E-state index is 0.694. The number of rotatable bonds is 6. The third kappa shape index (κ3) is 4.33. The third-order valence-corrected chi connectivity index (χ3v) is 4.00. The summed E-state index contributed by atoms with van der Waals surface area (Å²) in [6.45, 7) is 0.